The summed E-state index contributed by atoms with van der Waals surface area (Å²) in [6.07, 6.45) is 5.51. The predicted octanol–water partition coefficient (Wildman–Crippen LogP) is 0.870. The Kier molecular flexibility index (Phi) is 3.98. The molecule has 0 aromatic heterocycles. The second kappa shape index (κ2) is 4.92. The van der Waals surface area contributed by atoms with Crippen LogP contribution in [0.4, 0.5) is 0 Å². The second-order valence-corrected chi connectivity index (χ2v) is 7.26. The summed E-state index contributed by atoms with van der Waals surface area (Å²) in [4.78, 5) is 0. The van der Waals surface area contributed by atoms with Gasteiger partial charge in [0.05, 0.1) is 0 Å². The van der Waals surface area contributed by atoms with Gasteiger partial charge in [-0.25, -0.2) is 0 Å². The predicted molar refractivity (Wildman–Crippen MR) is 73.5 cm³/mol. The van der Waals surface area contributed by atoms with Gasteiger partial charge >= 0.3 is 0 Å². The molecule has 0 amide bonds. The summed E-state index contributed by atoms with van der Waals surface area (Å²) >= 11 is 0. The van der Waals surface area contributed by atoms with Crippen molar-refractivity contribution in [2.75, 3.05) is 0 Å². The largest absolute Gasteiger partial charge is 0.383 e. The Morgan fingerprint density at radius 2 is 1.35 bits per heavy atom. The van der Waals surface area contributed by atoms with Crippen LogP contribution < -0.4 is 0 Å². The smallest absolute Gasteiger partial charge is 0.248 e. The van der Waals surface area contributed by atoms with Crippen molar-refractivity contribution in [1.29, 1.82) is 0 Å². The highest BCUT2D eigenvalue weighted by molar-refractivity contribution is 5.12. The Morgan fingerprint density at radius 3 is 1.90 bits per heavy atom. The van der Waals surface area contributed by atoms with Crippen LogP contribution in [0.25, 0.3) is 0 Å². The van der Waals surface area contributed by atoms with Crippen LogP contribution in [-0.4, -0.2) is 42.7 Å². The lowest BCUT2D eigenvalue weighted by molar-refractivity contribution is -0.443. The summed E-state index contributed by atoms with van der Waals surface area (Å²) in [5, 5.41) is 51.4. The molecule has 5 N–H and O–H groups in total. The van der Waals surface area contributed by atoms with Crippen LogP contribution in [0.1, 0.15) is 65.2 Å². The summed E-state index contributed by atoms with van der Waals surface area (Å²) in [6, 6.07) is 0. The van der Waals surface area contributed by atoms with Gasteiger partial charge in [0.25, 0.3) is 0 Å². The molecule has 2 rings (SSSR count). The quantitative estimate of drug-likeness (QED) is 0.485. The van der Waals surface area contributed by atoms with Gasteiger partial charge in [-0.1, -0.05) is 33.1 Å². The summed E-state index contributed by atoms with van der Waals surface area (Å²) in [7, 11) is 0. The molecule has 0 aromatic rings. The second-order valence-electron chi connectivity index (χ2n) is 7.26. The molecule has 0 heterocycles. The van der Waals surface area contributed by atoms with Gasteiger partial charge in [-0.15, -0.1) is 0 Å². The van der Waals surface area contributed by atoms with E-state index in [2.05, 4.69) is 0 Å². The molecule has 0 aliphatic heterocycles. The van der Waals surface area contributed by atoms with Crippen LogP contribution >= 0.6 is 0 Å². The van der Waals surface area contributed by atoms with E-state index in [-0.39, 0.29) is 18.8 Å². The fraction of sp³-hybridized carbons (Fsp3) is 1.00. The maximum Gasteiger partial charge on any atom is 0.248 e. The molecule has 0 bridgehead atoms. The lowest BCUT2D eigenvalue weighted by Crippen LogP contribution is -2.75. The van der Waals surface area contributed by atoms with E-state index in [9.17, 15) is 25.5 Å². The molecule has 5 heteroatoms. The first kappa shape index (κ1) is 16.2. The van der Waals surface area contributed by atoms with Gasteiger partial charge in [-0.2, -0.15) is 0 Å². The van der Waals surface area contributed by atoms with Crippen molar-refractivity contribution in [2.24, 2.45) is 11.3 Å². The van der Waals surface area contributed by atoms with E-state index in [1.807, 2.05) is 13.8 Å². The lowest BCUT2D eigenvalue weighted by atomic mass is 9.55. The highest BCUT2D eigenvalue weighted by atomic mass is 16.6. The zero-order valence-electron chi connectivity index (χ0n) is 12.5. The minimum Gasteiger partial charge on any atom is -0.383 e. The van der Waals surface area contributed by atoms with Gasteiger partial charge in [0.15, 0.2) is 0 Å². The van der Waals surface area contributed by atoms with Crippen molar-refractivity contribution in [3.8, 4) is 0 Å². The van der Waals surface area contributed by atoms with Crippen LogP contribution in [0.2, 0.25) is 0 Å². The Morgan fingerprint density at radius 1 is 0.800 bits per heavy atom. The van der Waals surface area contributed by atoms with Crippen LogP contribution in [0.15, 0.2) is 0 Å². The molecule has 2 fully saturated rings. The lowest BCUT2D eigenvalue weighted by Gasteiger charge is -2.58. The molecule has 5 nitrogen and oxygen atoms in total. The van der Waals surface area contributed by atoms with Crippen molar-refractivity contribution in [3.63, 3.8) is 0 Å². The van der Waals surface area contributed by atoms with Crippen molar-refractivity contribution in [3.05, 3.63) is 0 Å². The van der Waals surface area contributed by atoms with E-state index >= 15 is 0 Å². The molecular weight excluding hydrogens is 260 g/mol. The normalized spacial score (nSPS) is 35.0. The van der Waals surface area contributed by atoms with Crippen molar-refractivity contribution in [2.45, 2.75) is 82.4 Å². The van der Waals surface area contributed by atoms with E-state index in [4.69, 9.17) is 0 Å². The third kappa shape index (κ3) is 2.11. The molecule has 118 valence electrons. The fourth-order valence-electron chi connectivity index (χ4n) is 4.20. The van der Waals surface area contributed by atoms with Gasteiger partial charge in [-0.05, 0) is 31.6 Å². The molecule has 2 saturated carbocycles. The summed E-state index contributed by atoms with van der Waals surface area (Å²) in [5.41, 5.74) is -2.72. The van der Waals surface area contributed by atoms with E-state index in [0.29, 0.717) is 6.42 Å². The Balaban J connectivity index is 2.36. The first-order chi connectivity index (χ1) is 9.06. The van der Waals surface area contributed by atoms with Crippen molar-refractivity contribution < 1.29 is 25.5 Å². The molecule has 1 atom stereocenters. The number of rotatable bonds is 2. The first-order valence-corrected chi connectivity index (χ1v) is 7.68. The summed E-state index contributed by atoms with van der Waals surface area (Å²) < 4.78 is 0. The highest BCUT2D eigenvalue weighted by Gasteiger charge is 2.69. The topological polar surface area (TPSA) is 101 Å². The molecule has 0 saturated heterocycles. The highest BCUT2D eigenvalue weighted by Crippen LogP contribution is 2.55. The first-order valence-electron chi connectivity index (χ1n) is 7.68. The van der Waals surface area contributed by atoms with E-state index < -0.39 is 22.6 Å². The third-order valence-corrected chi connectivity index (χ3v) is 5.89. The van der Waals surface area contributed by atoms with Crippen molar-refractivity contribution in [1.82, 2.24) is 0 Å². The summed E-state index contributed by atoms with van der Waals surface area (Å²) in [6.45, 7) is 3.62. The molecule has 2 aliphatic rings. The van der Waals surface area contributed by atoms with Gasteiger partial charge in [0, 0.05) is 11.8 Å². The molecule has 2 aliphatic carbocycles. The van der Waals surface area contributed by atoms with E-state index in [1.165, 1.54) is 6.42 Å². The Labute approximate surface area is 120 Å². The van der Waals surface area contributed by atoms with Gasteiger partial charge in [-0.3, -0.25) is 0 Å². The molecular formula is C15H28O5. The number of hydrogen-bond donors (Lipinski definition) is 5. The van der Waals surface area contributed by atoms with Crippen LogP contribution in [-0.2, 0) is 0 Å². The zero-order valence-corrected chi connectivity index (χ0v) is 12.5. The standard InChI is InChI=1S/C15H28O5/c1-12(2,11-7-4-3-5-8-11)13(16)9-6-10-14(17,18)15(13,19)20/h11,16-20H,3-10H2,1-2H3. The Hall–Kier alpha value is -0.200. The molecule has 1 unspecified atom stereocenters. The maximum atomic E-state index is 11.0. The number of hydrogen-bond acceptors (Lipinski definition) is 5. The average molecular weight is 288 g/mol. The summed E-state index contributed by atoms with van der Waals surface area (Å²) in [5.74, 6) is -5.45. The minimum atomic E-state index is -2.92. The van der Waals surface area contributed by atoms with Crippen LogP contribution in [0, 0.1) is 11.3 Å². The molecule has 20 heavy (non-hydrogen) atoms. The average Bonchev–Trinajstić information content (AvgIpc) is 2.37. The van der Waals surface area contributed by atoms with Gasteiger partial charge < -0.3 is 25.5 Å². The fourth-order valence-corrected chi connectivity index (χ4v) is 4.20. The van der Waals surface area contributed by atoms with Crippen molar-refractivity contribution >= 4 is 0 Å². The molecule has 0 aromatic carbocycles. The minimum absolute atomic E-state index is 0.147. The maximum absolute atomic E-state index is 11.0. The van der Waals surface area contributed by atoms with Crippen LogP contribution in [0.3, 0.4) is 0 Å². The van der Waals surface area contributed by atoms with E-state index in [1.54, 1.807) is 0 Å². The van der Waals surface area contributed by atoms with Gasteiger partial charge in [0.1, 0.15) is 5.60 Å². The van der Waals surface area contributed by atoms with Crippen LogP contribution in [0.5, 0.6) is 0 Å². The molecule has 0 spiro atoms. The van der Waals surface area contributed by atoms with Gasteiger partial charge in [0.2, 0.25) is 11.6 Å². The number of aliphatic hydroxyl groups is 5. The monoisotopic (exact) mass is 288 g/mol. The molecule has 0 radical (unpaired) electrons. The zero-order chi connectivity index (χ0) is 15.2. The third-order valence-electron chi connectivity index (χ3n) is 5.89. The Bertz CT molecular complexity index is 357. The van der Waals surface area contributed by atoms with E-state index in [0.717, 1.165) is 25.7 Å². The SMILES string of the molecule is CC(C)(C1CCCCC1)C1(O)CCCC(O)(O)C1(O)O.